The highest BCUT2D eigenvalue weighted by Crippen LogP contribution is 2.26. The summed E-state index contributed by atoms with van der Waals surface area (Å²) in [5.74, 6) is 0.512. The van der Waals surface area contributed by atoms with Gasteiger partial charge in [-0.15, -0.1) is 10.2 Å². The van der Waals surface area contributed by atoms with E-state index in [0.29, 0.717) is 24.7 Å². The van der Waals surface area contributed by atoms with Gasteiger partial charge in [0, 0.05) is 17.8 Å². The van der Waals surface area contributed by atoms with Crippen molar-refractivity contribution in [1.82, 2.24) is 25.5 Å². The molecule has 28 heavy (non-hydrogen) atoms. The van der Waals surface area contributed by atoms with Crippen molar-refractivity contribution in [3.05, 3.63) is 59.2 Å². The Kier molecular flexibility index (Phi) is 5.03. The molecule has 2 amide bonds. The summed E-state index contributed by atoms with van der Waals surface area (Å²) < 4.78 is 5.84. The van der Waals surface area contributed by atoms with Crippen molar-refractivity contribution in [2.75, 3.05) is 18.5 Å². The molecule has 0 unspecified atom stereocenters. The highest BCUT2D eigenvalue weighted by molar-refractivity contribution is 5.90. The fourth-order valence-corrected chi connectivity index (χ4v) is 3.29. The number of carbonyl (C=O) groups excluding carboxylic acids is 1. The molecule has 1 aliphatic rings. The molecule has 4 rings (SSSR count). The maximum atomic E-state index is 12.4. The fraction of sp³-hybridized carbons (Fsp3) is 0.300. The zero-order valence-corrected chi connectivity index (χ0v) is 15.8. The minimum absolute atomic E-state index is 0.132. The van der Waals surface area contributed by atoms with Gasteiger partial charge < -0.3 is 15.4 Å². The van der Waals surface area contributed by atoms with Crippen LogP contribution in [0.15, 0.2) is 42.5 Å². The zero-order valence-electron chi connectivity index (χ0n) is 15.8. The number of carbonyl (C=O) groups is 1. The van der Waals surface area contributed by atoms with Crippen LogP contribution in [0, 0.1) is 6.92 Å². The molecular weight excluding hydrogens is 356 g/mol. The van der Waals surface area contributed by atoms with Gasteiger partial charge in [-0.2, -0.15) is 4.80 Å². The lowest BCUT2D eigenvalue weighted by atomic mass is 9.98. The van der Waals surface area contributed by atoms with E-state index in [9.17, 15) is 4.79 Å². The average molecular weight is 378 g/mol. The van der Waals surface area contributed by atoms with Crippen LogP contribution in [0.3, 0.4) is 0 Å². The van der Waals surface area contributed by atoms with Gasteiger partial charge in [0.2, 0.25) is 5.82 Å². The number of rotatable bonds is 4. The first-order chi connectivity index (χ1) is 13.6. The van der Waals surface area contributed by atoms with E-state index in [4.69, 9.17) is 4.74 Å². The molecule has 0 bridgehead atoms. The van der Waals surface area contributed by atoms with Crippen LogP contribution in [-0.4, -0.2) is 39.4 Å². The number of fused-ring (bicyclic) bond motifs is 1. The summed E-state index contributed by atoms with van der Waals surface area (Å²) in [7, 11) is 1.71. The van der Waals surface area contributed by atoms with E-state index in [1.165, 1.54) is 10.4 Å². The van der Waals surface area contributed by atoms with E-state index in [0.717, 1.165) is 23.1 Å². The third-order valence-electron chi connectivity index (χ3n) is 4.79. The molecule has 2 heterocycles. The fourth-order valence-electron chi connectivity index (χ4n) is 3.29. The highest BCUT2D eigenvalue weighted by atomic mass is 16.5. The number of aryl methyl sites for hydroxylation is 2. The van der Waals surface area contributed by atoms with E-state index < -0.39 is 0 Å². The predicted molar refractivity (Wildman–Crippen MR) is 105 cm³/mol. The lowest BCUT2D eigenvalue weighted by molar-refractivity contribution is 0.0444. The van der Waals surface area contributed by atoms with Crippen LogP contribution in [-0.2, 0) is 18.2 Å². The van der Waals surface area contributed by atoms with Crippen molar-refractivity contribution in [3.8, 4) is 11.4 Å². The van der Waals surface area contributed by atoms with Crippen LogP contribution in [0.25, 0.3) is 11.4 Å². The second-order valence-electron chi connectivity index (χ2n) is 6.78. The molecule has 1 aliphatic heterocycles. The smallest absolute Gasteiger partial charge is 0.319 e. The number of nitrogens with zero attached hydrogens (tertiary/aromatic N) is 4. The zero-order chi connectivity index (χ0) is 19.5. The standard InChI is InChI=1S/C20H22N6O2/c1-13-7-8-15(19-23-25-26(2)24-19)11-17(13)22-20(27)21-12-18-16-6-4-3-5-14(16)9-10-28-18/h3-8,11,18H,9-10,12H2,1-2H3,(H2,21,22,27)/t18-/m0/s1. The number of hydrogen-bond donors (Lipinski definition) is 2. The molecule has 8 nitrogen and oxygen atoms in total. The van der Waals surface area contributed by atoms with Crippen molar-refractivity contribution in [3.63, 3.8) is 0 Å². The monoisotopic (exact) mass is 378 g/mol. The SMILES string of the molecule is Cc1ccc(-c2nnn(C)n2)cc1NC(=O)NC[C@@H]1OCCc2ccccc21. The molecule has 3 aromatic rings. The maximum Gasteiger partial charge on any atom is 0.319 e. The van der Waals surface area contributed by atoms with E-state index in [-0.39, 0.29) is 12.1 Å². The highest BCUT2D eigenvalue weighted by Gasteiger charge is 2.21. The molecule has 0 fully saturated rings. The number of amides is 2. The summed E-state index contributed by atoms with van der Waals surface area (Å²) in [6.07, 6.45) is 0.772. The van der Waals surface area contributed by atoms with Crippen molar-refractivity contribution in [2.24, 2.45) is 7.05 Å². The number of nitrogens with one attached hydrogen (secondary N) is 2. The quantitative estimate of drug-likeness (QED) is 0.728. The van der Waals surface area contributed by atoms with Gasteiger partial charge >= 0.3 is 6.03 Å². The van der Waals surface area contributed by atoms with Crippen molar-refractivity contribution in [2.45, 2.75) is 19.4 Å². The van der Waals surface area contributed by atoms with Crippen molar-refractivity contribution >= 4 is 11.7 Å². The topological polar surface area (TPSA) is 94.0 Å². The number of tetrazole rings is 1. The Balaban J connectivity index is 1.42. The minimum atomic E-state index is -0.279. The molecule has 8 heteroatoms. The van der Waals surface area contributed by atoms with E-state index in [1.54, 1.807) is 7.05 Å². The number of benzene rings is 2. The summed E-state index contributed by atoms with van der Waals surface area (Å²) in [6.45, 7) is 3.01. The summed E-state index contributed by atoms with van der Waals surface area (Å²) in [6, 6.07) is 13.6. The van der Waals surface area contributed by atoms with E-state index in [1.807, 2.05) is 37.3 Å². The van der Waals surface area contributed by atoms with Gasteiger partial charge in [0.1, 0.15) is 6.10 Å². The molecule has 1 atom stereocenters. The largest absolute Gasteiger partial charge is 0.371 e. The number of anilines is 1. The van der Waals surface area contributed by atoms with E-state index >= 15 is 0 Å². The summed E-state index contributed by atoms with van der Waals surface area (Å²) >= 11 is 0. The number of urea groups is 1. The van der Waals surface area contributed by atoms with Gasteiger partial charge in [0.25, 0.3) is 0 Å². The van der Waals surface area contributed by atoms with E-state index in [2.05, 4.69) is 38.2 Å². The summed E-state index contributed by atoms with van der Waals surface area (Å²) in [5, 5.41) is 17.9. The normalized spacial score (nSPS) is 15.7. The molecule has 1 aromatic heterocycles. The number of hydrogen-bond acceptors (Lipinski definition) is 5. The second kappa shape index (κ2) is 7.77. The second-order valence-corrected chi connectivity index (χ2v) is 6.78. The van der Waals surface area contributed by atoms with Gasteiger partial charge in [-0.05, 0) is 41.3 Å². The Morgan fingerprint density at radius 2 is 2.14 bits per heavy atom. The minimum Gasteiger partial charge on any atom is -0.371 e. The molecule has 0 radical (unpaired) electrons. The first-order valence-corrected chi connectivity index (χ1v) is 9.19. The Morgan fingerprint density at radius 1 is 1.29 bits per heavy atom. The Bertz CT molecular complexity index is 1000. The maximum absolute atomic E-state index is 12.4. The van der Waals surface area contributed by atoms with Crippen molar-refractivity contribution in [1.29, 1.82) is 0 Å². The van der Waals surface area contributed by atoms with Crippen LogP contribution in [0.1, 0.15) is 22.8 Å². The van der Waals surface area contributed by atoms with Crippen LogP contribution < -0.4 is 10.6 Å². The predicted octanol–water partition coefficient (Wildman–Crippen LogP) is 2.62. The van der Waals surface area contributed by atoms with Crippen LogP contribution in [0.2, 0.25) is 0 Å². The molecule has 0 aliphatic carbocycles. The first kappa shape index (κ1) is 18.1. The Morgan fingerprint density at radius 3 is 2.96 bits per heavy atom. The summed E-state index contributed by atoms with van der Waals surface area (Å²) in [5.41, 5.74) is 4.86. The molecular formula is C20H22N6O2. The molecule has 0 spiro atoms. The lowest BCUT2D eigenvalue weighted by Crippen LogP contribution is -2.34. The van der Waals surface area contributed by atoms with Gasteiger partial charge in [0.05, 0.1) is 13.7 Å². The Hall–Kier alpha value is -3.26. The summed E-state index contributed by atoms with van der Waals surface area (Å²) in [4.78, 5) is 13.8. The number of aromatic nitrogens is 4. The molecule has 0 saturated carbocycles. The first-order valence-electron chi connectivity index (χ1n) is 9.19. The van der Waals surface area contributed by atoms with Gasteiger partial charge in [0.15, 0.2) is 0 Å². The molecule has 0 saturated heterocycles. The van der Waals surface area contributed by atoms with Gasteiger partial charge in [-0.25, -0.2) is 4.79 Å². The average Bonchev–Trinajstić information content (AvgIpc) is 3.14. The third-order valence-corrected chi connectivity index (χ3v) is 4.79. The molecule has 2 aromatic carbocycles. The molecule has 144 valence electrons. The van der Waals surface area contributed by atoms with Crippen LogP contribution in [0.5, 0.6) is 0 Å². The lowest BCUT2D eigenvalue weighted by Gasteiger charge is -2.26. The van der Waals surface area contributed by atoms with Crippen LogP contribution >= 0.6 is 0 Å². The third kappa shape index (κ3) is 3.86. The van der Waals surface area contributed by atoms with Gasteiger partial charge in [-0.1, -0.05) is 36.4 Å². The Labute approximate surface area is 162 Å². The van der Waals surface area contributed by atoms with Gasteiger partial charge in [-0.3, -0.25) is 0 Å². The van der Waals surface area contributed by atoms with Crippen LogP contribution in [0.4, 0.5) is 10.5 Å². The molecule has 2 N–H and O–H groups in total. The number of ether oxygens (including phenoxy) is 1. The van der Waals surface area contributed by atoms with Crippen molar-refractivity contribution < 1.29 is 9.53 Å².